The van der Waals surface area contributed by atoms with Crippen LogP contribution in [0.2, 0.25) is 0 Å². The minimum absolute atomic E-state index is 0.0629. The van der Waals surface area contributed by atoms with Crippen LogP contribution in [0.25, 0.3) is 0 Å². The van der Waals surface area contributed by atoms with E-state index in [-0.39, 0.29) is 6.42 Å². The van der Waals surface area contributed by atoms with E-state index >= 15 is 0 Å². The number of thiazole rings is 1. The van der Waals surface area contributed by atoms with Gasteiger partial charge < -0.3 is 14.6 Å². The number of hydrogen-bond acceptors (Lipinski definition) is 5. The number of ether oxygens (including phenoxy) is 2. The molecule has 15 heavy (non-hydrogen) atoms. The molecule has 5 nitrogen and oxygen atoms in total. The molecule has 1 aromatic rings. The van der Waals surface area contributed by atoms with Crippen LogP contribution in [0.4, 0.5) is 0 Å². The lowest BCUT2D eigenvalue weighted by Gasteiger charge is -2.18. The van der Waals surface area contributed by atoms with Crippen molar-refractivity contribution in [3.63, 3.8) is 0 Å². The summed E-state index contributed by atoms with van der Waals surface area (Å²) in [5.74, 6) is -1.67. The minimum Gasteiger partial charge on any atom is -0.481 e. The molecule has 1 fully saturated rings. The Labute approximate surface area is 90.7 Å². The highest BCUT2D eigenvalue weighted by Gasteiger charge is 2.36. The summed E-state index contributed by atoms with van der Waals surface area (Å²) < 4.78 is 10.8. The maximum absolute atomic E-state index is 10.5. The molecular formula is C9H11NO4S. The van der Waals surface area contributed by atoms with Crippen LogP contribution in [0, 0.1) is 0 Å². The first kappa shape index (κ1) is 10.5. The van der Waals surface area contributed by atoms with Crippen LogP contribution in [-0.2, 0) is 26.5 Å². The second kappa shape index (κ2) is 3.88. The van der Waals surface area contributed by atoms with Crippen LogP contribution < -0.4 is 0 Å². The summed E-state index contributed by atoms with van der Waals surface area (Å²) in [4.78, 5) is 14.7. The summed E-state index contributed by atoms with van der Waals surface area (Å²) in [7, 11) is 0. The van der Waals surface area contributed by atoms with Crippen LogP contribution in [-0.4, -0.2) is 29.3 Å². The molecule has 0 radical (unpaired) electrons. The number of aromatic nitrogens is 1. The summed E-state index contributed by atoms with van der Waals surface area (Å²) in [5.41, 5.74) is 0.544. The molecular weight excluding hydrogens is 218 g/mol. The van der Waals surface area contributed by atoms with Gasteiger partial charge in [0.25, 0.3) is 0 Å². The van der Waals surface area contributed by atoms with Gasteiger partial charge in [0.2, 0.25) is 5.79 Å². The quantitative estimate of drug-likeness (QED) is 0.837. The Bertz CT molecular complexity index is 370. The first-order valence-corrected chi connectivity index (χ1v) is 5.43. The van der Waals surface area contributed by atoms with E-state index in [2.05, 4.69) is 4.98 Å². The molecule has 82 valence electrons. The zero-order valence-corrected chi connectivity index (χ0v) is 9.04. The molecule has 0 spiro atoms. The van der Waals surface area contributed by atoms with Gasteiger partial charge in [-0.1, -0.05) is 0 Å². The summed E-state index contributed by atoms with van der Waals surface area (Å²) in [6.45, 7) is 2.89. The Morgan fingerprint density at radius 2 is 2.33 bits per heavy atom. The average molecular weight is 229 g/mol. The van der Waals surface area contributed by atoms with Crippen molar-refractivity contribution < 1.29 is 19.4 Å². The normalized spacial score (nSPS) is 19.3. The Morgan fingerprint density at radius 1 is 1.67 bits per heavy atom. The number of nitrogens with zero attached hydrogens (tertiary/aromatic N) is 1. The highest BCUT2D eigenvalue weighted by Crippen LogP contribution is 2.32. The van der Waals surface area contributed by atoms with E-state index in [4.69, 9.17) is 14.6 Å². The van der Waals surface area contributed by atoms with E-state index in [1.807, 2.05) is 0 Å². The molecule has 0 unspecified atom stereocenters. The molecule has 6 heteroatoms. The molecule has 1 N–H and O–H groups in total. The molecule has 0 aliphatic carbocycles. The Kier molecular flexibility index (Phi) is 2.72. The van der Waals surface area contributed by atoms with Crippen molar-refractivity contribution in [2.45, 2.75) is 19.1 Å². The van der Waals surface area contributed by atoms with Crippen molar-refractivity contribution in [3.05, 3.63) is 16.1 Å². The Balaban J connectivity index is 2.15. The van der Waals surface area contributed by atoms with E-state index in [0.717, 1.165) is 0 Å². The summed E-state index contributed by atoms with van der Waals surface area (Å²) in [6, 6.07) is 0. The van der Waals surface area contributed by atoms with Gasteiger partial charge in [-0.25, -0.2) is 4.98 Å². The molecule has 0 aromatic carbocycles. The summed E-state index contributed by atoms with van der Waals surface area (Å²) in [5, 5.41) is 11.0. The lowest BCUT2D eigenvalue weighted by molar-refractivity contribution is -0.150. The third kappa shape index (κ3) is 2.17. The highest BCUT2D eigenvalue weighted by atomic mass is 32.1. The average Bonchev–Trinajstić information content (AvgIpc) is 2.74. The van der Waals surface area contributed by atoms with Crippen LogP contribution in [0.3, 0.4) is 0 Å². The molecule has 0 bridgehead atoms. The number of rotatable bonds is 3. The van der Waals surface area contributed by atoms with Gasteiger partial charge in [0.05, 0.1) is 25.3 Å². The van der Waals surface area contributed by atoms with Crippen molar-refractivity contribution in [1.29, 1.82) is 0 Å². The van der Waals surface area contributed by atoms with Gasteiger partial charge in [0, 0.05) is 5.38 Å². The van der Waals surface area contributed by atoms with Crippen molar-refractivity contribution in [2.75, 3.05) is 13.2 Å². The molecule has 0 atom stereocenters. The summed E-state index contributed by atoms with van der Waals surface area (Å²) >= 11 is 1.36. The Morgan fingerprint density at radius 3 is 2.93 bits per heavy atom. The number of carboxylic acids is 1. The van der Waals surface area contributed by atoms with Crippen molar-refractivity contribution in [3.8, 4) is 0 Å². The van der Waals surface area contributed by atoms with Crippen LogP contribution >= 0.6 is 11.3 Å². The first-order valence-electron chi connectivity index (χ1n) is 4.55. The molecule has 1 aliphatic heterocycles. The fraction of sp³-hybridized carbons (Fsp3) is 0.556. The van der Waals surface area contributed by atoms with Crippen molar-refractivity contribution >= 4 is 17.3 Å². The molecule has 1 saturated heterocycles. The van der Waals surface area contributed by atoms with Gasteiger partial charge >= 0.3 is 5.97 Å². The number of hydrogen-bond donors (Lipinski definition) is 1. The van der Waals surface area contributed by atoms with Crippen molar-refractivity contribution in [2.24, 2.45) is 0 Å². The smallest absolute Gasteiger partial charge is 0.309 e. The molecule has 1 aromatic heterocycles. The molecule has 0 amide bonds. The molecule has 1 aliphatic rings. The van der Waals surface area contributed by atoms with E-state index in [1.54, 1.807) is 12.3 Å². The van der Waals surface area contributed by atoms with Crippen LogP contribution in [0.1, 0.15) is 17.6 Å². The molecule has 2 heterocycles. The summed E-state index contributed by atoms with van der Waals surface area (Å²) in [6.07, 6.45) is -0.0629. The SMILES string of the molecule is CC1(c2nc(CC(=O)O)cs2)OCCO1. The molecule has 2 rings (SSSR count). The number of carbonyl (C=O) groups is 1. The lowest BCUT2D eigenvalue weighted by Crippen LogP contribution is -2.22. The second-order valence-corrected chi connectivity index (χ2v) is 4.22. The lowest BCUT2D eigenvalue weighted by atomic mass is 10.3. The van der Waals surface area contributed by atoms with E-state index < -0.39 is 11.8 Å². The highest BCUT2D eigenvalue weighted by molar-refractivity contribution is 7.09. The zero-order valence-electron chi connectivity index (χ0n) is 8.23. The van der Waals surface area contributed by atoms with Gasteiger partial charge in [-0.15, -0.1) is 11.3 Å². The van der Waals surface area contributed by atoms with Crippen LogP contribution in [0.5, 0.6) is 0 Å². The standard InChI is InChI=1S/C9H11NO4S/c1-9(13-2-3-14-9)8-10-6(5-15-8)4-7(11)12/h5H,2-4H2,1H3,(H,11,12). The minimum atomic E-state index is -0.884. The first-order chi connectivity index (χ1) is 7.10. The van der Waals surface area contributed by atoms with Crippen molar-refractivity contribution in [1.82, 2.24) is 4.98 Å². The second-order valence-electron chi connectivity index (χ2n) is 3.36. The van der Waals surface area contributed by atoms with Gasteiger partial charge in [-0.3, -0.25) is 4.79 Å². The van der Waals surface area contributed by atoms with Gasteiger partial charge in [-0.2, -0.15) is 0 Å². The van der Waals surface area contributed by atoms with Gasteiger partial charge in [-0.05, 0) is 6.92 Å². The topological polar surface area (TPSA) is 68.7 Å². The van der Waals surface area contributed by atoms with E-state index in [0.29, 0.717) is 23.9 Å². The molecule has 0 saturated carbocycles. The third-order valence-electron chi connectivity index (χ3n) is 2.11. The number of carboxylic acid groups (broad SMARTS) is 1. The number of aliphatic carboxylic acids is 1. The third-order valence-corrected chi connectivity index (χ3v) is 3.19. The fourth-order valence-corrected chi connectivity index (χ4v) is 2.28. The largest absolute Gasteiger partial charge is 0.481 e. The predicted molar refractivity (Wildman–Crippen MR) is 52.7 cm³/mol. The fourth-order valence-electron chi connectivity index (χ4n) is 1.39. The van der Waals surface area contributed by atoms with Gasteiger partial charge in [0.15, 0.2) is 5.01 Å². The monoisotopic (exact) mass is 229 g/mol. The zero-order chi connectivity index (χ0) is 10.9. The van der Waals surface area contributed by atoms with E-state index in [9.17, 15) is 4.79 Å². The maximum Gasteiger partial charge on any atom is 0.309 e. The Hall–Kier alpha value is -0.980. The maximum atomic E-state index is 10.5. The predicted octanol–water partition coefficient (Wildman–Crippen LogP) is 0.990. The van der Waals surface area contributed by atoms with E-state index in [1.165, 1.54) is 11.3 Å². The van der Waals surface area contributed by atoms with Crippen LogP contribution in [0.15, 0.2) is 5.38 Å². The van der Waals surface area contributed by atoms with Gasteiger partial charge in [0.1, 0.15) is 0 Å².